The van der Waals surface area contributed by atoms with Crippen LogP contribution in [0.3, 0.4) is 0 Å². The van der Waals surface area contributed by atoms with Crippen LogP contribution in [-0.4, -0.2) is 69.5 Å². The Morgan fingerprint density at radius 2 is 1.95 bits per heavy atom. The average molecular weight is 583 g/mol. The molecule has 220 valence electrons. The molecule has 1 saturated heterocycles. The van der Waals surface area contributed by atoms with E-state index in [1.54, 1.807) is 36.4 Å². The maximum Gasteiger partial charge on any atom is 0.252 e. The Labute approximate surface area is 241 Å². The van der Waals surface area contributed by atoms with Crippen LogP contribution < -0.4 is 25.8 Å². The number of aliphatic imine (C=N–C) groups is 1. The Balaban J connectivity index is 1.51. The van der Waals surface area contributed by atoms with Gasteiger partial charge in [0, 0.05) is 45.8 Å². The zero-order valence-corrected chi connectivity index (χ0v) is 24.5. The number of nitrogen functional groups attached to an aromatic ring is 1. The molecule has 2 amide bonds. The van der Waals surface area contributed by atoms with Gasteiger partial charge in [-0.15, -0.1) is 0 Å². The minimum absolute atomic E-state index is 0.00112. The van der Waals surface area contributed by atoms with Crippen LogP contribution in [0.5, 0.6) is 5.75 Å². The van der Waals surface area contributed by atoms with E-state index in [1.165, 1.54) is 23.1 Å². The summed E-state index contributed by atoms with van der Waals surface area (Å²) < 4.78 is 32.9. The summed E-state index contributed by atoms with van der Waals surface area (Å²) >= 11 is 0. The van der Waals surface area contributed by atoms with Crippen molar-refractivity contribution in [2.24, 2.45) is 10.7 Å². The van der Waals surface area contributed by atoms with Crippen molar-refractivity contribution in [3.05, 3.63) is 53.1 Å². The van der Waals surface area contributed by atoms with Crippen molar-refractivity contribution in [1.82, 2.24) is 4.90 Å². The molecule has 0 aromatic heterocycles. The quantitative estimate of drug-likeness (QED) is 0.383. The molecule has 2 heterocycles. The molecule has 0 saturated carbocycles. The summed E-state index contributed by atoms with van der Waals surface area (Å²) in [5, 5.41) is 2.73. The van der Waals surface area contributed by atoms with E-state index in [0.717, 1.165) is 62.7 Å². The van der Waals surface area contributed by atoms with Crippen molar-refractivity contribution < 1.29 is 22.7 Å². The number of anilines is 3. The summed E-state index contributed by atoms with van der Waals surface area (Å²) in [6, 6.07) is 8.15. The number of amidine groups is 1. The molecule has 2 aliphatic rings. The SMILES string of the molecule is CC(=O)Nc1c(N)ccc(C=CCN(c2ccc(OC3CCN(C4=NCCC4)CC3)c(C(N)=O)c2)S(C)(=O)=O)c1C. The van der Waals surface area contributed by atoms with Gasteiger partial charge in [-0.25, -0.2) is 8.42 Å². The van der Waals surface area contributed by atoms with E-state index in [0.29, 0.717) is 22.8 Å². The van der Waals surface area contributed by atoms with Crippen LogP contribution >= 0.6 is 0 Å². The maximum atomic E-state index is 12.8. The number of benzene rings is 2. The lowest BCUT2D eigenvalue weighted by molar-refractivity contribution is -0.114. The highest BCUT2D eigenvalue weighted by atomic mass is 32.2. The molecule has 0 spiro atoms. The lowest BCUT2D eigenvalue weighted by Gasteiger charge is -2.34. The van der Waals surface area contributed by atoms with Crippen molar-refractivity contribution in [2.45, 2.75) is 45.6 Å². The van der Waals surface area contributed by atoms with Crippen molar-refractivity contribution in [3.63, 3.8) is 0 Å². The van der Waals surface area contributed by atoms with E-state index in [2.05, 4.69) is 15.2 Å². The number of primary amides is 1. The molecule has 2 aromatic rings. The predicted octanol–water partition coefficient (Wildman–Crippen LogP) is 3.15. The highest BCUT2D eigenvalue weighted by molar-refractivity contribution is 7.92. The van der Waals surface area contributed by atoms with Gasteiger partial charge in [-0.05, 0) is 48.7 Å². The van der Waals surface area contributed by atoms with Gasteiger partial charge in [0.25, 0.3) is 5.91 Å². The van der Waals surface area contributed by atoms with Crippen LogP contribution in [0.2, 0.25) is 0 Å². The third-order valence-corrected chi connectivity index (χ3v) is 8.44. The Hall–Kier alpha value is -4.06. The first kappa shape index (κ1) is 29.9. The Bertz CT molecular complexity index is 1480. The number of likely N-dealkylation sites (tertiary alicyclic amines) is 1. The topological polar surface area (TPSA) is 160 Å². The second kappa shape index (κ2) is 12.6. The van der Waals surface area contributed by atoms with Crippen LogP contribution in [0.25, 0.3) is 6.08 Å². The van der Waals surface area contributed by atoms with Gasteiger partial charge >= 0.3 is 0 Å². The Kier molecular flexibility index (Phi) is 9.21. The summed E-state index contributed by atoms with van der Waals surface area (Å²) in [4.78, 5) is 30.8. The minimum atomic E-state index is -3.71. The normalized spacial score (nSPS) is 16.1. The summed E-state index contributed by atoms with van der Waals surface area (Å²) in [7, 11) is -3.71. The minimum Gasteiger partial charge on any atom is -0.489 e. The van der Waals surface area contributed by atoms with E-state index in [9.17, 15) is 18.0 Å². The summed E-state index contributed by atoms with van der Waals surface area (Å²) in [6.07, 6.45) is 8.14. The van der Waals surface area contributed by atoms with Gasteiger partial charge < -0.3 is 26.4 Å². The van der Waals surface area contributed by atoms with E-state index < -0.39 is 15.9 Å². The molecule has 12 heteroatoms. The number of hydrogen-bond acceptors (Lipinski definition) is 8. The first-order valence-electron chi connectivity index (χ1n) is 13.6. The van der Waals surface area contributed by atoms with Gasteiger partial charge in [0.05, 0.1) is 41.3 Å². The van der Waals surface area contributed by atoms with Gasteiger partial charge in [0.2, 0.25) is 15.9 Å². The number of nitrogens with zero attached hydrogens (tertiary/aromatic N) is 3. The van der Waals surface area contributed by atoms with Crippen molar-refractivity contribution in [2.75, 3.05) is 47.8 Å². The molecule has 2 aromatic carbocycles. The number of hydrogen-bond donors (Lipinski definition) is 3. The second-order valence-corrected chi connectivity index (χ2v) is 12.3. The largest absolute Gasteiger partial charge is 0.489 e. The third-order valence-electron chi connectivity index (χ3n) is 7.28. The Morgan fingerprint density at radius 3 is 2.56 bits per heavy atom. The van der Waals surface area contributed by atoms with Gasteiger partial charge in [0.15, 0.2) is 0 Å². The molecular formula is C29H38N6O5S. The van der Waals surface area contributed by atoms with Crippen molar-refractivity contribution in [1.29, 1.82) is 0 Å². The number of ether oxygens (including phenoxy) is 1. The van der Waals surface area contributed by atoms with Crippen LogP contribution in [0.4, 0.5) is 17.1 Å². The maximum absolute atomic E-state index is 12.8. The second-order valence-electron chi connectivity index (χ2n) is 10.4. The smallest absolute Gasteiger partial charge is 0.252 e. The van der Waals surface area contributed by atoms with Crippen LogP contribution in [0.1, 0.15) is 54.1 Å². The summed E-state index contributed by atoms with van der Waals surface area (Å²) in [6.45, 7) is 5.78. The van der Waals surface area contributed by atoms with E-state index in [-0.39, 0.29) is 24.1 Å². The molecule has 1 fully saturated rings. The molecular weight excluding hydrogens is 544 g/mol. The summed E-state index contributed by atoms with van der Waals surface area (Å²) in [5.41, 5.74) is 14.6. The number of amides is 2. The first-order chi connectivity index (χ1) is 19.4. The van der Waals surface area contributed by atoms with E-state index in [1.807, 2.05) is 6.92 Å². The average Bonchev–Trinajstić information content (AvgIpc) is 3.45. The van der Waals surface area contributed by atoms with Gasteiger partial charge in [0.1, 0.15) is 11.9 Å². The molecule has 0 unspecified atom stereocenters. The number of piperidine rings is 1. The zero-order valence-electron chi connectivity index (χ0n) is 23.7. The van der Waals surface area contributed by atoms with Gasteiger partial charge in [-0.1, -0.05) is 18.2 Å². The molecule has 2 aliphatic heterocycles. The van der Waals surface area contributed by atoms with Crippen LogP contribution in [0.15, 0.2) is 41.4 Å². The van der Waals surface area contributed by atoms with Crippen molar-refractivity contribution in [3.8, 4) is 5.75 Å². The standard InChI is InChI=1S/C29H38N6O5S/c1-19-21(8-10-25(30)28(19)33-20(2)36)6-5-15-35(41(3,38)39)22-9-11-26(24(18-22)29(31)37)40-23-12-16-34(17-13-23)27-7-4-14-32-27/h5-6,8-11,18,23H,4,7,12-17,30H2,1-3H3,(H2,31,37)(H,33,36). The van der Waals surface area contributed by atoms with Crippen LogP contribution in [-0.2, 0) is 14.8 Å². The molecule has 11 nitrogen and oxygen atoms in total. The Morgan fingerprint density at radius 1 is 1.22 bits per heavy atom. The number of nitrogens with two attached hydrogens (primary N) is 2. The van der Waals surface area contributed by atoms with Gasteiger partial charge in [-0.3, -0.25) is 18.9 Å². The molecule has 4 rings (SSSR count). The highest BCUT2D eigenvalue weighted by Crippen LogP contribution is 2.30. The number of carbonyl (C=O) groups excluding carboxylic acids is 2. The lowest BCUT2D eigenvalue weighted by atomic mass is 10.0. The van der Waals surface area contributed by atoms with Gasteiger partial charge in [-0.2, -0.15) is 0 Å². The van der Waals surface area contributed by atoms with E-state index in [4.69, 9.17) is 16.2 Å². The fourth-order valence-corrected chi connectivity index (χ4v) is 5.99. The number of rotatable bonds is 9. The fraction of sp³-hybridized carbons (Fsp3) is 0.414. The fourth-order valence-electron chi connectivity index (χ4n) is 5.14. The highest BCUT2D eigenvalue weighted by Gasteiger charge is 2.26. The first-order valence-corrected chi connectivity index (χ1v) is 15.5. The molecule has 0 bridgehead atoms. The molecule has 5 N–H and O–H groups in total. The third kappa shape index (κ3) is 7.37. The number of carbonyl (C=O) groups is 2. The zero-order chi connectivity index (χ0) is 29.7. The molecule has 0 aliphatic carbocycles. The predicted molar refractivity (Wildman–Crippen MR) is 163 cm³/mol. The summed E-state index contributed by atoms with van der Waals surface area (Å²) in [5.74, 6) is 0.558. The number of nitrogens with one attached hydrogen (secondary N) is 1. The molecule has 41 heavy (non-hydrogen) atoms. The van der Waals surface area contributed by atoms with E-state index >= 15 is 0 Å². The van der Waals surface area contributed by atoms with Crippen LogP contribution in [0, 0.1) is 6.92 Å². The molecule has 0 radical (unpaired) electrons. The number of sulfonamides is 1. The lowest BCUT2D eigenvalue weighted by Crippen LogP contribution is -2.41. The monoisotopic (exact) mass is 582 g/mol. The van der Waals surface area contributed by atoms with Crippen molar-refractivity contribution >= 4 is 50.8 Å². The molecule has 0 atom stereocenters.